The third-order valence-electron chi connectivity index (χ3n) is 6.70. The van der Waals surface area contributed by atoms with E-state index in [2.05, 4.69) is 23.7 Å². The summed E-state index contributed by atoms with van der Waals surface area (Å²) >= 11 is 1.15. The Morgan fingerprint density at radius 2 is 1.91 bits per heavy atom. The standard InChI is InChI=1S/C28H34N2O4S/c1-18-7-9-19(10-8-18)26(31)30(20-14-22(15-20)34-21-6-5-13-29-17-21)24-16-23(11-12-28(2,3)4)35-25(24)27(32)33/h5-6,13,16-20,22H,7-10,14-15H2,1-4H3,(H,32,33)/t18-,19-,20-,22+. The van der Waals surface area contributed by atoms with Crippen LogP contribution < -0.4 is 9.64 Å². The largest absolute Gasteiger partial charge is 0.489 e. The first-order valence-electron chi connectivity index (χ1n) is 12.4. The summed E-state index contributed by atoms with van der Waals surface area (Å²) < 4.78 is 6.03. The zero-order chi connectivity index (χ0) is 25.2. The fourth-order valence-corrected chi connectivity index (χ4v) is 5.52. The van der Waals surface area contributed by atoms with Crippen LogP contribution >= 0.6 is 11.3 Å². The van der Waals surface area contributed by atoms with Gasteiger partial charge in [0, 0.05) is 36.4 Å². The molecule has 2 aromatic heterocycles. The van der Waals surface area contributed by atoms with Crippen LogP contribution in [-0.4, -0.2) is 34.1 Å². The van der Waals surface area contributed by atoms with E-state index in [1.165, 1.54) is 0 Å². The van der Waals surface area contributed by atoms with Gasteiger partial charge in [-0.05, 0) is 70.6 Å². The van der Waals surface area contributed by atoms with Crippen LogP contribution in [0.15, 0.2) is 30.6 Å². The van der Waals surface area contributed by atoms with Crippen LogP contribution in [0.5, 0.6) is 5.75 Å². The minimum absolute atomic E-state index is 0.0297. The summed E-state index contributed by atoms with van der Waals surface area (Å²) in [6.07, 6.45) is 8.41. The van der Waals surface area contributed by atoms with Gasteiger partial charge in [-0.1, -0.05) is 18.8 Å². The first-order valence-corrected chi connectivity index (χ1v) is 13.2. The van der Waals surface area contributed by atoms with Gasteiger partial charge in [-0.2, -0.15) is 0 Å². The molecule has 1 N–H and O–H groups in total. The van der Waals surface area contributed by atoms with Crippen molar-refractivity contribution in [2.24, 2.45) is 17.3 Å². The van der Waals surface area contributed by atoms with Crippen LogP contribution in [0, 0.1) is 29.1 Å². The molecule has 4 rings (SSSR count). The second-order valence-corrected chi connectivity index (χ2v) is 11.9. The van der Waals surface area contributed by atoms with Crippen LogP contribution in [0.4, 0.5) is 5.69 Å². The van der Waals surface area contributed by atoms with Crippen molar-refractivity contribution in [2.45, 2.75) is 78.4 Å². The maximum atomic E-state index is 13.9. The molecular formula is C28H34N2O4S. The second-order valence-electron chi connectivity index (χ2n) is 10.8. The summed E-state index contributed by atoms with van der Waals surface area (Å²) in [7, 11) is 0. The highest BCUT2D eigenvalue weighted by Crippen LogP contribution is 2.40. The number of thiophene rings is 1. The predicted octanol–water partition coefficient (Wildman–Crippen LogP) is 6.01. The molecule has 0 spiro atoms. The zero-order valence-corrected chi connectivity index (χ0v) is 21.7. The van der Waals surface area contributed by atoms with Crippen molar-refractivity contribution in [2.75, 3.05) is 4.90 Å². The van der Waals surface area contributed by atoms with Gasteiger partial charge < -0.3 is 14.7 Å². The number of ether oxygens (including phenoxy) is 1. The van der Waals surface area contributed by atoms with E-state index in [0.717, 1.165) is 37.0 Å². The lowest BCUT2D eigenvalue weighted by Crippen LogP contribution is -2.54. The monoisotopic (exact) mass is 494 g/mol. The van der Waals surface area contributed by atoms with Gasteiger partial charge in [-0.25, -0.2) is 4.79 Å². The van der Waals surface area contributed by atoms with E-state index >= 15 is 0 Å². The van der Waals surface area contributed by atoms with Gasteiger partial charge in [-0.3, -0.25) is 9.78 Å². The minimum Gasteiger partial charge on any atom is -0.489 e. The first-order chi connectivity index (χ1) is 16.6. The van der Waals surface area contributed by atoms with Crippen LogP contribution in [0.25, 0.3) is 0 Å². The zero-order valence-electron chi connectivity index (χ0n) is 20.9. The van der Waals surface area contributed by atoms with Gasteiger partial charge in [0.1, 0.15) is 16.7 Å². The SMILES string of the molecule is CC(C)(C)C#Cc1cc(N(C(=O)[C@H]2CC[C@H](C)CC2)[C@H]2C[C@@H](Oc3cccnc3)C2)c(C(=O)O)s1. The Bertz CT molecular complexity index is 1110. The van der Waals surface area contributed by atoms with Gasteiger partial charge in [-0.15, -0.1) is 11.3 Å². The summed E-state index contributed by atoms with van der Waals surface area (Å²) in [5.41, 5.74) is 0.279. The van der Waals surface area contributed by atoms with Crippen molar-refractivity contribution in [3.8, 4) is 17.6 Å². The smallest absolute Gasteiger partial charge is 0.348 e. The Morgan fingerprint density at radius 3 is 2.51 bits per heavy atom. The predicted molar refractivity (Wildman–Crippen MR) is 138 cm³/mol. The molecule has 6 nitrogen and oxygen atoms in total. The van der Waals surface area contributed by atoms with E-state index in [-0.39, 0.29) is 34.3 Å². The quantitative estimate of drug-likeness (QED) is 0.498. The van der Waals surface area contributed by atoms with Crippen molar-refractivity contribution >= 4 is 28.9 Å². The second kappa shape index (κ2) is 10.4. The van der Waals surface area contributed by atoms with Gasteiger partial charge in [0.05, 0.1) is 16.8 Å². The summed E-state index contributed by atoms with van der Waals surface area (Å²) in [5, 5.41) is 9.99. The van der Waals surface area contributed by atoms with Crippen molar-refractivity contribution < 1.29 is 19.4 Å². The number of nitrogens with zero attached hydrogens (tertiary/aromatic N) is 2. The van der Waals surface area contributed by atoms with E-state index < -0.39 is 5.97 Å². The van der Waals surface area contributed by atoms with E-state index in [0.29, 0.717) is 35.1 Å². The lowest BCUT2D eigenvalue weighted by atomic mass is 9.80. The van der Waals surface area contributed by atoms with Crippen molar-refractivity contribution in [3.63, 3.8) is 0 Å². The normalized spacial score (nSPS) is 24.0. The summed E-state index contributed by atoms with van der Waals surface area (Å²) in [4.78, 5) is 32.8. The highest BCUT2D eigenvalue weighted by atomic mass is 32.1. The number of rotatable bonds is 6. The van der Waals surface area contributed by atoms with Gasteiger partial charge >= 0.3 is 5.97 Å². The molecule has 186 valence electrons. The third kappa shape index (κ3) is 6.24. The molecule has 0 saturated heterocycles. The molecule has 2 heterocycles. The molecule has 7 heteroatoms. The summed E-state index contributed by atoms with van der Waals surface area (Å²) in [5.74, 6) is 6.59. The molecular weight excluding hydrogens is 460 g/mol. The van der Waals surface area contributed by atoms with E-state index in [9.17, 15) is 14.7 Å². The lowest BCUT2D eigenvalue weighted by molar-refractivity contribution is -0.124. The Morgan fingerprint density at radius 1 is 1.20 bits per heavy atom. The van der Waals surface area contributed by atoms with Crippen molar-refractivity contribution in [1.29, 1.82) is 0 Å². The molecule has 0 radical (unpaired) electrons. The molecule has 0 bridgehead atoms. The van der Waals surface area contributed by atoms with Gasteiger partial charge in [0.25, 0.3) is 0 Å². The number of pyridine rings is 1. The number of aromatic nitrogens is 1. The number of anilines is 1. The van der Waals surface area contributed by atoms with E-state index in [1.807, 2.05) is 32.9 Å². The number of carbonyl (C=O) groups is 2. The van der Waals surface area contributed by atoms with Gasteiger partial charge in [0.2, 0.25) is 5.91 Å². The van der Waals surface area contributed by atoms with Crippen molar-refractivity contribution in [1.82, 2.24) is 4.98 Å². The average Bonchev–Trinajstić information content (AvgIpc) is 3.21. The number of hydrogen-bond acceptors (Lipinski definition) is 5. The fraction of sp³-hybridized carbons (Fsp3) is 0.536. The number of carbonyl (C=O) groups excluding carboxylic acids is 1. The highest BCUT2D eigenvalue weighted by Gasteiger charge is 2.42. The third-order valence-corrected chi connectivity index (χ3v) is 7.73. The molecule has 2 aliphatic carbocycles. The molecule has 0 aromatic carbocycles. The molecule has 35 heavy (non-hydrogen) atoms. The number of carboxylic acid groups (broad SMARTS) is 1. The number of amides is 1. The maximum Gasteiger partial charge on any atom is 0.348 e. The maximum absolute atomic E-state index is 13.9. The van der Waals surface area contributed by atoms with Crippen LogP contribution in [0.2, 0.25) is 0 Å². The topological polar surface area (TPSA) is 79.7 Å². The summed E-state index contributed by atoms with van der Waals surface area (Å²) in [6, 6.07) is 5.40. The fourth-order valence-electron chi connectivity index (χ4n) is 4.68. The van der Waals surface area contributed by atoms with E-state index in [1.54, 1.807) is 23.4 Å². The number of aromatic carboxylic acids is 1. The molecule has 2 fully saturated rings. The first kappa shape index (κ1) is 25.2. The average molecular weight is 495 g/mol. The minimum atomic E-state index is -1.02. The van der Waals surface area contributed by atoms with Crippen LogP contribution in [0.3, 0.4) is 0 Å². The molecule has 0 atom stereocenters. The molecule has 2 saturated carbocycles. The Labute approximate surface area is 211 Å². The number of hydrogen-bond donors (Lipinski definition) is 1. The molecule has 0 unspecified atom stereocenters. The number of carboxylic acids is 1. The molecule has 2 aliphatic rings. The molecule has 2 aromatic rings. The molecule has 1 amide bonds. The highest BCUT2D eigenvalue weighted by molar-refractivity contribution is 7.15. The molecule has 0 aliphatic heterocycles. The Hall–Kier alpha value is -2.85. The van der Waals surface area contributed by atoms with Crippen LogP contribution in [0.1, 0.15) is 80.8 Å². The Kier molecular flexibility index (Phi) is 7.51. The summed E-state index contributed by atoms with van der Waals surface area (Å²) in [6.45, 7) is 8.28. The Balaban J connectivity index is 1.61. The van der Waals surface area contributed by atoms with E-state index in [4.69, 9.17) is 4.74 Å². The van der Waals surface area contributed by atoms with Gasteiger partial charge in [0.15, 0.2) is 0 Å². The lowest BCUT2D eigenvalue weighted by Gasteiger charge is -2.44. The van der Waals surface area contributed by atoms with Crippen molar-refractivity contribution in [3.05, 3.63) is 40.3 Å². The van der Waals surface area contributed by atoms with Crippen LogP contribution in [-0.2, 0) is 4.79 Å².